The summed E-state index contributed by atoms with van der Waals surface area (Å²) in [5.41, 5.74) is -4.51. The van der Waals surface area contributed by atoms with Crippen LogP contribution in [0.15, 0.2) is 52.6 Å². The standard InChI is InChI=1S/C26H24F5N5O4/c1-13(40-20-11-34-35-23(37)21(20)26(29,30)31)6-16(27)12-36-5-4-14-7-18(19(28)8-17(14)24(36)38)22-32-9-15(10-33-22)25(2,3)39/h4-5,7-11,13,16,39H,6,12H2,1-3H3,(H,35,37). The molecule has 0 aliphatic rings. The first-order valence-corrected chi connectivity index (χ1v) is 12.0. The van der Waals surface area contributed by atoms with Crippen LogP contribution < -0.4 is 15.9 Å². The minimum absolute atomic E-state index is 0.0220. The Kier molecular flexibility index (Phi) is 7.74. The van der Waals surface area contributed by atoms with Gasteiger partial charge in [0.05, 0.1) is 35.4 Å². The molecule has 14 heteroatoms. The lowest BCUT2D eigenvalue weighted by Crippen LogP contribution is -2.29. The summed E-state index contributed by atoms with van der Waals surface area (Å²) < 4.78 is 75.6. The van der Waals surface area contributed by atoms with E-state index in [1.165, 1.54) is 37.6 Å². The number of benzene rings is 1. The first-order chi connectivity index (χ1) is 18.6. The molecule has 9 nitrogen and oxygen atoms in total. The fourth-order valence-electron chi connectivity index (χ4n) is 4.06. The molecule has 0 aliphatic carbocycles. The molecule has 0 saturated heterocycles. The minimum atomic E-state index is -5.01. The molecule has 212 valence electrons. The lowest BCUT2D eigenvalue weighted by molar-refractivity contribution is -0.140. The molecule has 0 aliphatic heterocycles. The van der Waals surface area contributed by atoms with Gasteiger partial charge in [0.2, 0.25) is 0 Å². The van der Waals surface area contributed by atoms with Crippen molar-refractivity contribution in [1.82, 2.24) is 24.7 Å². The summed E-state index contributed by atoms with van der Waals surface area (Å²) in [5, 5.41) is 15.3. The van der Waals surface area contributed by atoms with Crippen LogP contribution in [0.3, 0.4) is 0 Å². The molecule has 4 rings (SSSR count). The largest absolute Gasteiger partial charge is 0.488 e. The van der Waals surface area contributed by atoms with Crippen molar-refractivity contribution in [3.05, 3.63) is 80.6 Å². The number of aliphatic hydroxyl groups is 1. The van der Waals surface area contributed by atoms with Gasteiger partial charge >= 0.3 is 6.18 Å². The van der Waals surface area contributed by atoms with Crippen LogP contribution in [0.4, 0.5) is 22.0 Å². The van der Waals surface area contributed by atoms with E-state index >= 15 is 0 Å². The number of nitrogens with zero attached hydrogens (tertiary/aromatic N) is 4. The molecule has 2 unspecified atom stereocenters. The van der Waals surface area contributed by atoms with Crippen LogP contribution in [0.25, 0.3) is 22.2 Å². The van der Waals surface area contributed by atoms with Gasteiger partial charge < -0.3 is 14.4 Å². The average Bonchev–Trinajstić information content (AvgIpc) is 2.84. The van der Waals surface area contributed by atoms with Gasteiger partial charge in [-0.2, -0.15) is 18.3 Å². The number of halogens is 5. The van der Waals surface area contributed by atoms with E-state index in [1.54, 1.807) is 18.9 Å². The SMILES string of the molecule is CC(CC(F)Cn1ccc2cc(-c3ncc(C(C)(C)O)cn3)c(F)cc2c1=O)Oc1cn[nH]c(=O)c1C(F)(F)F. The summed E-state index contributed by atoms with van der Waals surface area (Å²) in [6.45, 7) is 3.93. The molecule has 2 N–H and O–H groups in total. The molecule has 0 spiro atoms. The fourth-order valence-corrected chi connectivity index (χ4v) is 4.06. The lowest BCUT2D eigenvalue weighted by atomic mass is 10.0. The third-order valence-electron chi connectivity index (χ3n) is 6.08. The third kappa shape index (κ3) is 6.17. The summed E-state index contributed by atoms with van der Waals surface area (Å²) in [6.07, 6.45) is -3.55. The molecule has 3 heterocycles. The molecule has 3 aromatic heterocycles. The Hall–Kier alpha value is -4.20. The van der Waals surface area contributed by atoms with Gasteiger partial charge in [0.15, 0.2) is 17.1 Å². The molecule has 0 amide bonds. The quantitative estimate of drug-likeness (QED) is 0.308. The van der Waals surface area contributed by atoms with E-state index in [9.17, 15) is 36.6 Å². The van der Waals surface area contributed by atoms with E-state index in [1.807, 2.05) is 0 Å². The molecule has 1 aromatic carbocycles. The van der Waals surface area contributed by atoms with Crippen molar-refractivity contribution in [2.45, 2.75) is 57.8 Å². The topological polar surface area (TPSA) is 123 Å². The van der Waals surface area contributed by atoms with Crippen molar-refractivity contribution in [1.29, 1.82) is 0 Å². The van der Waals surface area contributed by atoms with Crippen LogP contribution in [-0.4, -0.2) is 42.1 Å². The van der Waals surface area contributed by atoms with E-state index in [2.05, 4.69) is 15.1 Å². The number of aromatic nitrogens is 5. The van der Waals surface area contributed by atoms with Crippen molar-refractivity contribution in [2.75, 3.05) is 0 Å². The van der Waals surface area contributed by atoms with Gasteiger partial charge in [-0.05, 0) is 44.4 Å². The Labute approximate surface area is 223 Å². The number of hydrogen-bond acceptors (Lipinski definition) is 7. The van der Waals surface area contributed by atoms with Gasteiger partial charge in [-0.25, -0.2) is 23.8 Å². The summed E-state index contributed by atoms with van der Waals surface area (Å²) in [7, 11) is 0. The molecule has 4 aromatic rings. The molecule has 0 saturated carbocycles. The van der Waals surface area contributed by atoms with Crippen LogP contribution in [0.1, 0.15) is 38.3 Å². The van der Waals surface area contributed by atoms with Gasteiger partial charge in [-0.1, -0.05) is 0 Å². The number of H-pyrrole nitrogens is 1. The number of pyridine rings is 1. The molecule has 0 radical (unpaired) electrons. The fraction of sp³-hybridized carbons (Fsp3) is 0.346. The smallest absolute Gasteiger partial charge is 0.425 e. The Morgan fingerprint density at radius 2 is 1.80 bits per heavy atom. The second-order valence-electron chi connectivity index (χ2n) is 9.74. The summed E-state index contributed by atoms with van der Waals surface area (Å²) >= 11 is 0. The van der Waals surface area contributed by atoms with E-state index in [0.717, 1.165) is 10.6 Å². The van der Waals surface area contributed by atoms with Crippen molar-refractivity contribution in [2.24, 2.45) is 0 Å². The van der Waals surface area contributed by atoms with Crippen LogP contribution in [0, 0.1) is 5.82 Å². The minimum Gasteiger partial charge on any atom is -0.488 e. The van der Waals surface area contributed by atoms with E-state index in [4.69, 9.17) is 4.74 Å². The maximum atomic E-state index is 15.0. The number of rotatable bonds is 8. The lowest BCUT2D eigenvalue weighted by Gasteiger charge is -2.19. The van der Waals surface area contributed by atoms with Crippen LogP contribution in [-0.2, 0) is 18.3 Å². The van der Waals surface area contributed by atoms with Crippen LogP contribution in [0.2, 0.25) is 0 Å². The van der Waals surface area contributed by atoms with Crippen LogP contribution >= 0.6 is 0 Å². The monoisotopic (exact) mass is 565 g/mol. The molecule has 0 fully saturated rings. The zero-order valence-corrected chi connectivity index (χ0v) is 21.5. The number of alkyl halides is 4. The Balaban J connectivity index is 1.51. The summed E-state index contributed by atoms with van der Waals surface area (Å²) in [5.74, 6) is -1.59. The predicted molar refractivity (Wildman–Crippen MR) is 134 cm³/mol. The maximum absolute atomic E-state index is 15.0. The number of fused-ring (bicyclic) bond motifs is 1. The highest BCUT2D eigenvalue weighted by Crippen LogP contribution is 2.33. The second-order valence-corrected chi connectivity index (χ2v) is 9.74. The highest BCUT2D eigenvalue weighted by atomic mass is 19.4. The zero-order chi connectivity index (χ0) is 29.4. The molecular formula is C26H24F5N5O4. The normalized spacial score (nSPS) is 13.8. The van der Waals surface area contributed by atoms with Gasteiger partial charge in [-0.15, -0.1) is 0 Å². The zero-order valence-electron chi connectivity index (χ0n) is 21.5. The first-order valence-electron chi connectivity index (χ1n) is 12.0. The van der Waals surface area contributed by atoms with Crippen molar-refractivity contribution < 1.29 is 31.8 Å². The predicted octanol–water partition coefficient (Wildman–Crippen LogP) is 4.12. The van der Waals surface area contributed by atoms with Crippen LogP contribution in [0.5, 0.6) is 5.75 Å². The van der Waals surface area contributed by atoms with Gasteiger partial charge in [-0.3, -0.25) is 9.59 Å². The third-order valence-corrected chi connectivity index (χ3v) is 6.08. The van der Waals surface area contributed by atoms with E-state index in [-0.39, 0.29) is 16.8 Å². The van der Waals surface area contributed by atoms with Crippen molar-refractivity contribution in [3.63, 3.8) is 0 Å². The van der Waals surface area contributed by atoms with Gasteiger partial charge in [0, 0.05) is 30.6 Å². The summed E-state index contributed by atoms with van der Waals surface area (Å²) in [6, 6.07) is 3.86. The number of ether oxygens (including phenoxy) is 1. The summed E-state index contributed by atoms with van der Waals surface area (Å²) in [4.78, 5) is 32.7. The molecule has 0 bridgehead atoms. The van der Waals surface area contributed by atoms with Gasteiger partial charge in [0.1, 0.15) is 12.0 Å². The molecule has 40 heavy (non-hydrogen) atoms. The first kappa shape index (κ1) is 28.8. The number of nitrogens with one attached hydrogen (secondary N) is 1. The number of aromatic amines is 1. The molecular weight excluding hydrogens is 541 g/mol. The van der Waals surface area contributed by atoms with E-state index < -0.39 is 65.3 Å². The Bertz CT molecular complexity index is 1650. The highest BCUT2D eigenvalue weighted by molar-refractivity contribution is 5.86. The van der Waals surface area contributed by atoms with E-state index in [0.29, 0.717) is 17.1 Å². The average molecular weight is 565 g/mol. The Morgan fingerprint density at radius 3 is 2.42 bits per heavy atom. The number of hydrogen-bond donors (Lipinski definition) is 2. The Morgan fingerprint density at radius 1 is 1.12 bits per heavy atom. The van der Waals surface area contributed by atoms with Gasteiger partial charge in [0.25, 0.3) is 11.1 Å². The second kappa shape index (κ2) is 10.8. The van der Waals surface area contributed by atoms with Crippen molar-refractivity contribution >= 4 is 10.8 Å². The van der Waals surface area contributed by atoms with Crippen molar-refractivity contribution in [3.8, 4) is 17.1 Å². The molecule has 2 atom stereocenters. The maximum Gasteiger partial charge on any atom is 0.425 e. The highest BCUT2D eigenvalue weighted by Gasteiger charge is 2.38.